The molecule has 4 heteroatoms. The molecule has 0 heterocycles. The lowest BCUT2D eigenvalue weighted by Crippen LogP contribution is -2.34. The van der Waals surface area contributed by atoms with Gasteiger partial charge in [-0.05, 0) is 18.1 Å². The SMILES string of the molecule is Cc1ccc([C@H](C(N)=O)[C@H](C(N)=O)c2ccccc2)cc1. The van der Waals surface area contributed by atoms with Crippen molar-refractivity contribution in [3.63, 3.8) is 0 Å². The van der Waals surface area contributed by atoms with E-state index in [1.807, 2.05) is 37.3 Å². The third-order valence-electron chi connectivity index (χ3n) is 3.54. The van der Waals surface area contributed by atoms with Crippen LogP contribution >= 0.6 is 0 Å². The van der Waals surface area contributed by atoms with Crippen LogP contribution in [0.3, 0.4) is 0 Å². The van der Waals surface area contributed by atoms with E-state index in [1.54, 1.807) is 24.3 Å². The monoisotopic (exact) mass is 282 g/mol. The molecule has 4 N–H and O–H groups in total. The van der Waals surface area contributed by atoms with E-state index < -0.39 is 23.7 Å². The Morgan fingerprint density at radius 3 is 1.62 bits per heavy atom. The highest BCUT2D eigenvalue weighted by Crippen LogP contribution is 2.32. The fourth-order valence-corrected chi connectivity index (χ4v) is 2.48. The Morgan fingerprint density at radius 1 is 0.762 bits per heavy atom. The van der Waals surface area contributed by atoms with Crippen LogP contribution in [0.2, 0.25) is 0 Å². The number of nitrogens with two attached hydrogens (primary N) is 2. The van der Waals surface area contributed by atoms with Gasteiger partial charge in [0.05, 0.1) is 11.8 Å². The highest BCUT2D eigenvalue weighted by molar-refractivity contribution is 5.93. The van der Waals surface area contributed by atoms with Gasteiger partial charge >= 0.3 is 0 Å². The van der Waals surface area contributed by atoms with Gasteiger partial charge in [0.2, 0.25) is 11.8 Å². The van der Waals surface area contributed by atoms with Crippen LogP contribution < -0.4 is 11.5 Å². The molecular weight excluding hydrogens is 264 g/mol. The van der Waals surface area contributed by atoms with Crippen molar-refractivity contribution in [2.24, 2.45) is 11.5 Å². The molecule has 0 spiro atoms. The third kappa shape index (κ3) is 3.28. The first-order valence-electron chi connectivity index (χ1n) is 6.71. The van der Waals surface area contributed by atoms with Crippen LogP contribution in [0.25, 0.3) is 0 Å². The molecule has 4 nitrogen and oxygen atoms in total. The van der Waals surface area contributed by atoms with Crippen molar-refractivity contribution < 1.29 is 9.59 Å². The van der Waals surface area contributed by atoms with Gasteiger partial charge in [-0.25, -0.2) is 0 Å². The number of carbonyl (C=O) groups excluding carboxylic acids is 2. The first-order chi connectivity index (χ1) is 10.0. The minimum Gasteiger partial charge on any atom is -0.369 e. The lowest BCUT2D eigenvalue weighted by molar-refractivity contribution is -0.126. The Balaban J connectivity index is 2.50. The number of benzene rings is 2. The largest absolute Gasteiger partial charge is 0.369 e. The van der Waals surface area contributed by atoms with Gasteiger partial charge in [0.15, 0.2) is 0 Å². The third-order valence-corrected chi connectivity index (χ3v) is 3.54. The molecule has 0 saturated carbocycles. The summed E-state index contributed by atoms with van der Waals surface area (Å²) < 4.78 is 0. The number of amides is 2. The maximum Gasteiger partial charge on any atom is 0.226 e. The summed E-state index contributed by atoms with van der Waals surface area (Å²) in [6.07, 6.45) is 0. The topological polar surface area (TPSA) is 86.2 Å². The predicted molar refractivity (Wildman–Crippen MR) is 81.5 cm³/mol. The van der Waals surface area contributed by atoms with Gasteiger partial charge in [0.25, 0.3) is 0 Å². The maximum atomic E-state index is 11.9. The maximum absolute atomic E-state index is 11.9. The Kier molecular flexibility index (Phi) is 4.38. The Bertz CT molecular complexity index is 636. The summed E-state index contributed by atoms with van der Waals surface area (Å²) in [6, 6.07) is 16.4. The van der Waals surface area contributed by atoms with E-state index >= 15 is 0 Å². The second-order valence-corrected chi connectivity index (χ2v) is 5.08. The minimum atomic E-state index is -0.773. The summed E-state index contributed by atoms with van der Waals surface area (Å²) in [7, 11) is 0. The first-order valence-corrected chi connectivity index (χ1v) is 6.71. The molecule has 0 aliphatic carbocycles. The van der Waals surface area contributed by atoms with Gasteiger partial charge in [-0.2, -0.15) is 0 Å². The molecule has 2 aromatic carbocycles. The van der Waals surface area contributed by atoms with Gasteiger partial charge < -0.3 is 11.5 Å². The summed E-state index contributed by atoms with van der Waals surface area (Å²) in [5, 5.41) is 0. The van der Waals surface area contributed by atoms with Gasteiger partial charge in [0.1, 0.15) is 0 Å². The van der Waals surface area contributed by atoms with Crippen LogP contribution in [-0.4, -0.2) is 11.8 Å². The fraction of sp³-hybridized carbons (Fsp3) is 0.176. The first kappa shape index (κ1) is 14.8. The summed E-state index contributed by atoms with van der Waals surface area (Å²) in [6.45, 7) is 1.95. The number of aryl methyl sites for hydroxylation is 1. The van der Waals surface area contributed by atoms with Crippen LogP contribution in [0.15, 0.2) is 54.6 Å². The van der Waals surface area contributed by atoms with E-state index in [0.717, 1.165) is 5.56 Å². The smallest absolute Gasteiger partial charge is 0.226 e. The lowest BCUT2D eigenvalue weighted by Gasteiger charge is -2.23. The van der Waals surface area contributed by atoms with Crippen molar-refractivity contribution in [3.8, 4) is 0 Å². The molecule has 2 rings (SSSR count). The van der Waals surface area contributed by atoms with E-state index in [-0.39, 0.29) is 0 Å². The van der Waals surface area contributed by atoms with Crippen molar-refractivity contribution in [1.29, 1.82) is 0 Å². The van der Waals surface area contributed by atoms with Gasteiger partial charge in [-0.3, -0.25) is 9.59 Å². The van der Waals surface area contributed by atoms with Crippen molar-refractivity contribution >= 4 is 11.8 Å². The average molecular weight is 282 g/mol. The molecular formula is C17H18N2O2. The van der Waals surface area contributed by atoms with Crippen molar-refractivity contribution in [1.82, 2.24) is 0 Å². The zero-order valence-corrected chi connectivity index (χ0v) is 11.8. The van der Waals surface area contributed by atoms with E-state index in [1.165, 1.54) is 0 Å². The molecule has 2 atom stereocenters. The van der Waals surface area contributed by atoms with Crippen LogP contribution in [0.5, 0.6) is 0 Å². The van der Waals surface area contributed by atoms with Crippen LogP contribution in [0, 0.1) is 6.92 Å². The van der Waals surface area contributed by atoms with Crippen LogP contribution in [0.1, 0.15) is 28.5 Å². The van der Waals surface area contributed by atoms with Crippen LogP contribution in [-0.2, 0) is 9.59 Å². The number of carbonyl (C=O) groups is 2. The Labute approximate surface area is 123 Å². The van der Waals surface area contributed by atoms with Gasteiger partial charge in [0, 0.05) is 0 Å². The molecule has 0 saturated heterocycles. The summed E-state index contributed by atoms with van der Waals surface area (Å²) in [4.78, 5) is 23.8. The summed E-state index contributed by atoms with van der Waals surface area (Å²) in [5.41, 5.74) is 13.5. The molecule has 0 fully saturated rings. The molecule has 21 heavy (non-hydrogen) atoms. The van der Waals surface area contributed by atoms with Crippen LogP contribution in [0.4, 0.5) is 0 Å². The number of primary amides is 2. The number of rotatable bonds is 5. The van der Waals surface area contributed by atoms with Crippen molar-refractivity contribution in [2.45, 2.75) is 18.8 Å². The zero-order valence-electron chi connectivity index (χ0n) is 11.8. The number of hydrogen-bond acceptors (Lipinski definition) is 2. The molecule has 2 aromatic rings. The van der Waals surface area contributed by atoms with E-state index in [2.05, 4.69) is 0 Å². The van der Waals surface area contributed by atoms with E-state index in [0.29, 0.717) is 11.1 Å². The second-order valence-electron chi connectivity index (χ2n) is 5.08. The normalized spacial score (nSPS) is 13.4. The average Bonchev–Trinajstić information content (AvgIpc) is 2.46. The standard InChI is InChI=1S/C17H18N2O2/c1-11-7-9-13(10-8-11)15(17(19)21)14(16(18)20)12-5-3-2-4-6-12/h2-10,14-15H,1H3,(H2,18,20)(H2,19,21)/t14-,15+/m1/s1. The fourth-order valence-electron chi connectivity index (χ4n) is 2.48. The summed E-state index contributed by atoms with van der Waals surface area (Å²) in [5.74, 6) is -2.67. The molecule has 2 amide bonds. The zero-order chi connectivity index (χ0) is 15.4. The molecule has 108 valence electrons. The van der Waals surface area contributed by atoms with E-state index in [4.69, 9.17) is 11.5 Å². The summed E-state index contributed by atoms with van der Waals surface area (Å²) >= 11 is 0. The molecule has 0 aromatic heterocycles. The quantitative estimate of drug-likeness (QED) is 0.876. The van der Waals surface area contributed by atoms with E-state index in [9.17, 15) is 9.59 Å². The van der Waals surface area contributed by atoms with Gasteiger partial charge in [-0.15, -0.1) is 0 Å². The molecule has 0 aliphatic heterocycles. The van der Waals surface area contributed by atoms with Crippen molar-refractivity contribution in [2.75, 3.05) is 0 Å². The highest BCUT2D eigenvalue weighted by Gasteiger charge is 2.33. The highest BCUT2D eigenvalue weighted by atomic mass is 16.2. The minimum absolute atomic E-state index is 0.563. The predicted octanol–water partition coefficient (Wildman–Crippen LogP) is 1.83. The molecule has 0 bridgehead atoms. The lowest BCUT2D eigenvalue weighted by atomic mass is 9.80. The molecule has 0 unspecified atom stereocenters. The number of hydrogen-bond donors (Lipinski definition) is 2. The van der Waals surface area contributed by atoms with Crippen molar-refractivity contribution in [3.05, 3.63) is 71.3 Å². The molecule has 0 radical (unpaired) electrons. The Morgan fingerprint density at radius 2 is 1.19 bits per heavy atom. The van der Waals surface area contributed by atoms with Gasteiger partial charge in [-0.1, -0.05) is 60.2 Å². The second kappa shape index (κ2) is 6.22. The Hall–Kier alpha value is -2.62. The molecule has 0 aliphatic rings.